The van der Waals surface area contributed by atoms with Crippen molar-refractivity contribution in [1.29, 1.82) is 0 Å². The van der Waals surface area contributed by atoms with E-state index in [0.29, 0.717) is 25.3 Å². The Hall–Kier alpha value is -1.06. The van der Waals surface area contributed by atoms with E-state index in [-0.39, 0.29) is 5.91 Å². The molecule has 1 aliphatic heterocycles. The topological polar surface area (TPSA) is 57.6 Å². The van der Waals surface area contributed by atoms with Gasteiger partial charge in [-0.05, 0) is 31.6 Å². The molecular formula is C14H23NO3. The van der Waals surface area contributed by atoms with Crippen molar-refractivity contribution in [1.82, 2.24) is 4.90 Å². The summed E-state index contributed by atoms with van der Waals surface area (Å²) in [5.74, 6) is -0.259. The first kappa shape index (κ1) is 13.4. The molecule has 4 heteroatoms. The van der Waals surface area contributed by atoms with Crippen molar-refractivity contribution < 1.29 is 14.7 Å². The summed E-state index contributed by atoms with van der Waals surface area (Å²) in [6.45, 7) is 0.628. The largest absolute Gasteiger partial charge is 0.480 e. The minimum absolute atomic E-state index is 0.0639. The van der Waals surface area contributed by atoms with Crippen molar-refractivity contribution in [2.24, 2.45) is 5.92 Å². The number of carbonyl (C=O) groups is 2. The van der Waals surface area contributed by atoms with Gasteiger partial charge in [0.1, 0.15) is 6.04 Å². The molecule has 4 nitrogen and oxygen atoms in total. The highest BCUT2D eigenvalue weighted by Crippen LogP contribution is 2.30. The number of carboxylic acids is 1. The first-order valence-corrected chi connectivity index (χ1v) is 7.21. The molecule has 2 rings (SSSR count). The summed E-state index contributed by atoms with van der Waals surface area (Å²) >= 11 is 0. The molecule has 1 saturated carbocycles. The average molecular weight is 253 g/mol. The molecule has 1 aliphatic carbocycles. The van der Waals surface area contributed by atoms with Crippen LogP contribution in [0.1, 0.15) is 57.8 Å². The highest BCUT2D eigenvalue weighted by atomic mass is 16.4. The highest BCUT2D eigenvalue weighted by Gasteiger charge is 2.32. The highest BCUT2D eigenvalue weighted by molar-refractivity contribution is 5.83. The van der Waals surface area contributed by atoms with Crippen LogP contribution in [0.5, 0.6) is 0 Å². The van der Waals surface area contributed by atoms with Gasteiger partial charge < -0.3 is 10.0 Å². The summed E-state index contributed by atoms with van der Waals surface area (Å²) in [7, 11) is 0. The van der Waals surface area contributed by atoms with E-state index in [1.54, 1.807) is 4.90 Å². The molecule has 1 amide bonds. The van der Waals surface area contributed by atoms with Crippen LogP contribution in [0.4, 0.5) is 0 Å². The van der Waals surface area contributed by atoms with E-state index >= 15 is 0 Å². The Morgan fingerprint density at radius 1 is 1.00 bits per heavy atom. The zero-order valence-corrected chi connectivity index (χ0v) is 10.9. The smallest absolute Gasteiger partial charge is 0.326 e. The van der Waals surface area contributed by atoms with Crippen molar-refractivity contribution in [3.63, 3.8) is 0 Å². The fourth-order valence-corrected chi connectivity index (χ4v) is 2.90. The van der Waals surface area contributed by atoms with Crippen LogP contribution < -0.4 is 0 Å². The lowest BCUT2D eigenvalue weighted by atomic mass is 9.82. The maximum absolute atomic E-state index is 12.2. The molecule has 2 aliphatic rings. The first-order valence-electron chi connectivity index (χ1n) is 7.21. The molecule has 1 unspecified atom stereocenters. The Morgan fingerprint density at radius 2 is 1.72 bits per heavy atom. The molecule has 102 valence electrons. The fourth-order valence-electron chi connectivity index (χ4n) is 2.90. The maximum Gasteiger partial charge on any atom is 0.326 e. The van der Waals surface area contributed by atoms with Crippen LogP contribution in [0.3, 0.4) is 0 Å². The number of hydrogen-bond donors (Lipinski definition) is 1. The Balaban J connectivity index is 1.98. The lowest BCUT2D eigenvalue weighted by Crippen LogP contribution is -2.47. The number of nitrogens with zero attached hydrogens (tertiary/aromatic N) is 1. The quantitative estimate of drug-likeness (QED) is 0.840. The Labute approximate surface area is 108 Å². The second-order valence-electron chi connectivity index (χ2n) is 5.65. The Kier molecular flexibility index (Phi) is 4.61. The number of likely N-dealkylation sites (tertiary alicyclic amines) is 1. The van der Waals surface area contributed by atoms with Crippen LogP contribution >= 0.6 is 0 Å². The lowest BCUT2D eigenvalue weighted by Gasteiger charge is -2.33. The van der Waals surface area contributed by atoms with Crippen LogP contribution in [-0.2, 0) is 9.59 Å². The van der Waals surface area contributed by atoms with Crippen LogP contribution in [0.15, 0.2) is 0 Å². The molecule has 1 saturated heterocycles. The van der Waals surface area contributed by atoms with E-state index in [1.807, 2.05) is 0 Å². The third-order valence-corrected chi connectivity index (χ3v) is 4.30. The van der Waals surface area contributed by atoms with Gasteiger partial charge in [-0.15, -0.1) is 0 Å². The molecule has 0 aromatic rings. The SMILES string of the molecule is O=C(O)C1CCCCCCN1C(=O)CC1CCC1. The van der Waals surface area contributed by atoms with Crippen LogP contribution in [0.25, 0.3) is 0 Å². The lowest BCUT2D eigenvalue weighted by molar-refractivity contribution is -0.151. The van der Waals surface area contributed by atoms with Crippen LogP contribution in [0.2, 0.25) is 0 Å². The summed E-state index contributed by atoms with van der Waals surface area (Å²) in [6.07, 6.45) is 8.74. The molecular weight excluding hydrogens is 230 g/mol. The zero-order valence-electron chi connectivity index (χ0n) is 10.9. The molecule has 0 spiro atoms. The van der Waals surface area contributed by atoms with E-state index in [9.17, 15) is 14.7 Å². The standard InChI is InChI=1S/C14H23NO3/c16-13(10-11-6-5-7-11)15-9-4-2-1-3-8-12(15)14(17)18/h11-12H,1-10H2,(H,17,18). The van der Waals surface area contributed by atoms with Gasteiger partial charge in [-0.1, -0.05) is 25.7 Å². The second-order valence-corrected chi connectivity index (χ2v) is 5.65. The normalized spacial score (nSPS) is 26.0. The first-order chi connectivity index (χ1) is 8.68. The minimum Gasteiger partial charge on any atom is -0.480 e. The number of carboxylic acid groups (broad SMARTS) is 1. The van der Waals surface area contributed by atoms with Gasteiger partial charge in [0.05, 0.1) is 0 Å². The predicted molar refractivity (Wildman–Crippen MR) is 68.2 cm³/mol. The van der Waals surface area contributed by atoms with Gasteiger partial charge in [0.15, 0.2) is 0 Å². The number of rotatable bonds is 3. The van der Waals surface area contributed by atoms with Gasteiger partial charge in [0.25, 0.3) is 0 Å². The Morgan fingerprint density at radius 3 is 2.33 bits per heavy atom. The van der Waals surface area contributed by atoms with Crippen molar-refractivity contribution in [3.8, 4) is 0 Å². The van der Waals surface area contributed by atoms with Crippen molar-refractivity contribution in [2.45, 2.75) is 63.8 Å². The van der Waals surface area contributed by atoms with Gasteiger partial charge in [-0.25, -0.2) is 4.79 Å². The Bertz CT molecular complexity index is 312. The second kappa shape index (κ2) is 6.21. The molecule has 1 atom stereocenters. The summed E-state index contributed by atoms with van der Waals surface area (Å²) in [6, 6.07) is -0.585. The zero-order chi connectivity index (χ0) is 13.0. The van der Waals surface area contributed by atoms with Gasteiger partial charge in [0, 0.05) is 13.0 Å². The fraction of sp³-hybridized carbons (Fsp3) is 0.857. The third kappa shape index (κ3) is 3.24. The molecule has 2 fully saturated rings. The van der Waals surface area contributed by atoms with Gasteiger partial charge in [-0.2, -0.15) is 0 Å². The summed E-state index contributed by atoms with van der Waals surface area (Å²) in [5.41, 5.74) is 0. The van der Waals surface area contributed by atoms with Crippen LogP contribution in [0, 0.1) is 5.92 Å². The van der Waals surface area contributed by atoms with E-state index in [0.717, 1.165) is 38.5 Å². The van der Waals surface area contributed by atoms with Crippen molar-refractivity contribution >= 4 is 11.9 Å². The summed E-state index contributed by atoms with van der Waals surface area (Å²) in [4.78, 5) is 25.2. The summed E-state index contributed by atoms with van der Waals surface area (Å²) < 4.78 is 0. The summed E-state index contributed by atoms with van der Waals surface area (Å²) in [5, 5.41) is 9.29. The monoisotopic (exact) mass is 253 g/mol. The molecule has 0 radical (unpaired) electrons. The predicted octanol–water partition coefficient (Wildman–Crippen LogP) is 2.42. The van der Waals surface area contributed by atoms with Crippen molar-refractivity contribution in [2.75, 3.05) is 6.54 Å². The molecule has 0 bridgehead atoms. The number of hydrogen-bond acceptors (Lipinski definition) is 2. The van der Waals surface area contributed by atoms with E-state index in [4.69, 9.17) is 0 Å². The van der Waals surface area contributed by atoms with Gasteiger partial charge >= 0.3 is 5.97 Å². The van der Waals surface area contributed by atoms with E-state index in [1.165, 1.54) is 6.42 Å². The average Bonchev–Trinajstić information content (AvgIpc) is 2.22. The number of amides is 1. The van der Waals surface area contributed by atoms with E-state index < -0.39 is 12.0 Å². The minimum atomic E-state index is -0.834. The van der Waals surface area contributed by atoms with E-state index in [2.05, 4.69) is 0 Å². The van der Waals surface area contributed by atoms with Crippen LogP contribution in [-0.4, -0.2) is 34.5 Å². The molecule has 1 heterocycles. The van der Waals surface area contributed by atoms with Gasteiger partial charge in [-0.3, -0.25) is 4.79 Å². The number of carbonyl (C=O) groups excluding carboxylic acids is 1. The molecule has 0 aromatic carbocycles. The number of aliphatic carboxylic acids is 1. The van der Waals surface area contributed by atoms with Gasteiger partial charge in [0.2, 0.25) is 5.91 Å². The third-order valence-electron chi connectivity index (χ3n) is 4.30. The molecule has 18 heavy (non-hydrogen) atoms. The van der Waals surface area contributed by atoms with Crippen molar-refractivity contribution in [3.05, 3.63) is 0 Å². The maximum atomic E-state index is 12.2. The molecule has 0 aromatic heterocycles. The molecule has 1 N–H and O–H groups in total.